The van der Waals surface area contributed by atoms with Crippen LogP contribution in [0.1, 0.15) is 11.1 Å². The standard InChI is InChI=1S/C13H12ClFN2O/c14-11-5-12(15)13(17-7-11)16-6-9-3-1-2-4-10(9)8-18/h1-5,7,18H,6,8H2,(H,16,17). The van der Waals surface area contributed by atoms with Crippen LogP contribution in [-0.2, 0) is 13.2 Å². The molecule has 0 atom stereocenters. The number of halogens is 2. The summed E-state index contributed by atoms with van der Waals surface area (Å²) in [4.78, 5) is 3.87. The molecule has 0 aliphatic heterocycles. The van der Waals surface area contributed by atoms with Gasteiger partial charge in [0.1, 0.15) is 0 Å². The second-order valence-electron chi connectivity index (χ2n) is 3.76. The monoisotopic (exact) mass is 266 g/mol. The lowest BCUT2D eigenvalue weighted by molar-refractivity contribution is 0.280. The van der Waals surface area contributed by atoms with Crippen LogP contribution in [-0.4, -0.2) is 10.1 Å². The Morgan fingerprint density at radius 2 is 2.00 bits per heavy atom. The number of aliphatic hydroxyl groups is 1. The number of benzene rings is 1. The summed E-state index contributed by atoms with van der Waals surface area (Å²) in [5, 5.41) is 12.3. The van der Waals surface area contributed by atoms with Gasteiger partial charge in [0.15, 0.2) is 11.6 Å². The number of hydrogen-bond donors (Lipinski definition) is 2. The van der Waals surface area contributed by atoms with Crippen molar-refractivity contribution >= 4 is 17.4 Å². The zero-order chi connectivity index (χ0) is 13.0. The third-order valence-corrected chi connectivity index (χ3v) is 2.75. The van der Waals surface area contributed by atoms with Gasteiger partial charge in [0.05, 0.1) is 11.6 Å². The average Bonchev–Trinajstić information content (AvgIpc) is 2.38. The summed E-state index contributed by atoms with van der Waals surface area (Å²) in [5.74, 6) is -0.351. The normalized spacial score (nSPS) is 10.4. The van der Waals surface area contributed by atoms with Gasteiger partial charge in [0, 0.05) is 12.7 Å². The molecule has 0 fully saturated rings. The summed E-state index contributed by atoms with van der Waals surface area (Å²) in [7, 11) is 0. The number of aromatic nitrogens is 1. The van der Waals surface area contributed by atoms with Crippen molar-refractivity contribution in [3.8, 4) is 0 Å². The summed E-state index contributed by atoms with van der Waals surface area (Å²) in [5.41, 5.74) is 1.70. The number of hydrogen-bond acceptors (Lipinski definition) is 3. The predicted molar refractivity (Wildman–Crippen MR) is 68.9 cm³/mol. The van der Waals surface area contributed by atoms with Crippen molar-refractivity contribution in [2.45, 2.75) is 13.2 Å². The molecule has 94 valence electrons. The van der Waals surface area contributed by atoms with E-state index in [1.807, 2.05) is 24.3 Å². The molecule has 0 aliphatic rings. The smallest absolute Gasteiger partial charge is 0.166 e. The lowest BCUT2D eigenvalue weighted by Crippen LogP contribution is -2.05. The van der Waals surface area contributed by atoms with E-state index >= 15 is 0 Å². The van der Waals surface area contributed by atoms with Crippen molar-refractivity contribution in [3.63, 3.8) is 0 Å². The maximum absolute atomic E-state index is 13.5. The summed E-state index contributed by atoms with van der Waals surface area (Å²) in [6.07, 6.45) is 1.38. The van der Waals surface area contributed by atoms with Crippen LogP contribution < -0.4 is 5.32 Å². The highest BCUT2D eigenvalue weighted by Crippen LogP contribution is 2.17. The van der Waals surface area contributed by atoms with Crippen LogP contribution in [0.5, 0.6) is 0 Å². The first kappa shape index (κ1) is 12.8. The van der Waals surface area contributed by atoms with E-state index in [4.69, 9.17) is 11.6 Å². The van der Waals surface area contributed by atoms with Crippen molar-refractivity contribution in [2.24, 2.45) is 0 Å². The molecule has 2 aromatic rings. The van der Waals surface area contributed by atoms with E-state index < -0.39 is 5.82 Å². The third-order valence-electron chi connectivity index (χ3n) is 2.54. The Morgan fingerprint density at radius 3 is 2.67 bits per heavy atom. The summed E-state index contributed by atoms with van der Waals surface area (Å²) < 4.78 is 13.5. The molecular weight excluding hydrogens is 255 g/mol. The van der Waals surface area contributed by atoms with Crippen LogP contribution in [0.3, 0.4) is 0 Å². The molecule has 5 heteroatoms. The number of aliphatic hydroxyl groups excluding tert-OH is 1. The Bertz CT molecular complexity index is 548. The number of pyridine rings is 1. The van der Waals surface area contributed by atoms with E-state index in [1.54, 1.807) is 0 Å². The Balaban J connectivity index is 2.11. The number of rotatable bonds is 4. The van der Waals surface area contributed by atoms with Gasteiger partial charge < -0.3 is 10.4 Å². The minimum atomic E-state index is -0.496. The second kappa shape index (κ2) is 5.80. The second-order valence-corrected chi connectivity index (χ2v) is 4.20. The van der Waals surface area contributed by atoms with Crippen LogP contribution in [0.15, 0.2) is 36.5 Å². The lowest BCUT2D eigenvalue weighted by atomic mass is 10.1. The van der Waals surface area contributed by atoms with Crippen LogP contribution in [0, 0.1) is 5.82 Å². The van der Waals surface area contributed by atoms with E-state index in [1.165, 1.54) is 12.3 Å². The maximum Gasteiger partial charge on any atom is 0.166 e. The minimum Gasteiger partial charge on any atom is -0.392 e. The van der Waals surface area contributed by atoms with Crippen molar-refractivity contribution < 1.29 is 9.50 Å². The highest BCUT2D eigenvalue weighted by atomic mass is 35.5. The van der Waals surface area contributed by atoms with Gasteiger partial charge in [-0.05, 0) is 17.2 Å². The van der Waals surface area contributed by atoms with Gasteiger partial charge >= 0.3 is 0 Å². The summed E-state index contributed by atoms with van der Waals surface area (Å²) in [6, 6.07) is 8.60. The fourth-order valence-electron chi connectivity index (χ4n) is 1.61. The fraction of sp³-hybridized carbons (Fsp3) is 0.154. The number of anilines is 1. The molecule has 2 rings (SSSR count). The topological polar surface area (TPSA) is 45.1 Å². The van der Waals surface area contributed by atoms with Crippen molar-refractivity contribution in [1.29, 1.82) is 0 Å². The predicted octanol–water partition coefficient (Wildman–Crippen LogP) is 2.98. The highest BCUT2D eigenvalue weighted by molar-refractivity contribution is 6.30. The maximum atomic E-state index is 13.5. The van der Waals surface area contributed by atoms with Crippen molar-refractivity contribution in [1.82, 2.24) is 4.98 Å². The summed E-state index contributed by atoms with van der Waals surface area (Å²) in [6.45, 7) is 0.344. The molecule has 1 aromatic heterocycles. The van der Waals surface area contributed by atoms with Gasteiger partial charge in [-0.25, -0.2) is 9.37 Å². The molecule has 0 radical (unpaired) electrons. The Kier molecular flexibility index (Phi) is 4.12. The van der Waals surface area contributed by atoms with E-state index in [0.717, 1.165) is 11.1 Å². The largest absolute Gasteiger partial charge is 0.392 e. The molecule has 0 bridgehead atoms. The molecule has 2 N–H and O–H groups in total. The molecule has 0 saturated carbocycles. The fourth-order valence-corrected chi connectivity index (χ4v) is 1.75. The first-order valence-corrected chi connectivity index (χ1v) is 5.81. The third kappa shape index (κ3) is 2.97. The Morgan fingerprint density at radius 1 is 1.28 bits per heavy atom. The van der Waals surface area contributed by atoms with E-state index in [-0.39, 0.29) is 17.4 Å². The molecular formula is C13H12ClFN2O. The van der Waals surface area contributed by atoms with Gasteiger partial charge in [0.25, 0.3) is 0 Å². The molecule has 3 nitrogen and oxygen atoms in total. The van der Waals surface area contributed by atoms with Crippen molar-refractivity contribution in [3.05, 3.63) is 58.5 Å². The number of nitrogens with zero attached hydrogens (tertiary/aromatic N) is 1. The van der Waals surface area contributed by atoms with Gasteiger partial charge in [-0.1, -0.05) is 35.9 Å². The van der Waals surface area contributed by atoms with Gasteiger partial charge in [-0.3, -0.25) is 0 Å². The molecule has 18 heavy (non-hydrogen) atoms. The molecule has 1 heterocycles. The minimum absolute atomic E-state index is 0.0472. The molecule has 0 spiro atoms. The molecule has 0 unspecified atom stereocenters. The van der Waals surface area contributed by atoms with Gasteiger partial charge in [-0.15, -0.1) is 0 Å². The molecule has 0 aliphatic carbocycles. The first-order valence-electron chi connectivity index (χ1n) is 5.43. The summed E-state index contributed by atoms with van der Waals surface area (Å²) >= 11 is 5.62. The van der Waals surface area contributed by atoms with E-state index in [0.29, 0.717) is 6.54 Å². The molecule has 1 aromatic carbocycles. The quantitative estimate of drug-likeness (QED) is 0.894. The zero-order valence-corrected chi connectivity index (χ0v) is 10.3. The van der Waals surface area contributed by atoms with Crippen LogP contribution in [0.4, 0.5) is 10.2 Å². The van der Waals surface area contributed by atoms with Crippen LogP contribution in [0.25, 0.3) is 0 Å². The van der Waals surface area contributed by atoms with Crippen molar-refractivity contribution in [2.75, 3.05) is 5.32 Å². The average molecular weight is 267 g/mol. The van der Waals surface area contributed by atoms with E-state index in [2.05, 4.69) is 10.3 Å². The first-order chi connectivity index (χ1) is 8.70. The van der Waals surface area contributed by atoms with Gasteiger partial charge in [-0.2, -0.15) is 0 Å². The molecule has 0 amide bonds. The van der Waals surface area contributed by atoms with E-state index in [9.17, 15) is 9.50 Å². The SMILES string of the molecule is OCc1ccccc1CNc1ncc(Cl)cc1F. The van der Waals surface area contributed by atoms with Gasteiger partial charge in [0.2, 0.25) is 0 Å². The highest BCUT2D eigenvalue weighted by Gasteiger charge is 2.05. The van der Waals surface area contributed by atoms with Crippen LogP contribution >= 0.6 is 11.6 Å². The molecule has 0 saturated heterocycles. The Labute approximate surface area is 109 Å². The zero-order valence-electron chi connectivity index (χ0n) is 9.53. The number of nitrogens with one attached hydrogen (secondary N) is 1. The van der Waals surface area contributed by atoms with Crippen LogP contribution in [0.2, 0.25) is 5.02 Å². The lowest BCUT2D eigenvalue weighted by Gasteiger charge is -2.09. The Hall–Kier alpha value is -1.65.